The Balaban J connectivity index is 2.24. The van der Waals surface area contributed by atoms with Crippen molar-refractivity contribution in [3.8, 4) is 0 Å². The van der Waals surface area contributed by atoms with Crippen LogP contribution in [0.2, 0.25) is 0 Å². The summed E-state index contributed by atoms with van der Waals surface area (Å²) in [5.74, 6) is -1.53. The van der Waals surface area contributed by atoms with Crippen LogP contribution in [0, 0.1) is 0 Å². The lowest BCUT2D eigenvalue weighted by Crippen LogP contribution is -2.14. The van der Waals surface area contributed by atoms with E-state index in [-0.39, 0.29) is 11.3 Å². The highest BCUT2D eigenvalue weighted by Gasteiger charge is 2.10. The van der Waals surface area contributed by atoms with Gasteiger partial charge in [-0.3, -0.25) is 9.78 Å². The van der Waals surface area contributed by atoms with E-state index >= 15 is 0 Å². The van der Waals surface area contributed by atoms with Crippen LogP contribution in [0.25, 0.3) is 0 Å². The summed E-state index contributed by atoms with van der Waals surface area (Å²) in [7, 11) is 0. The van der Waals surface area contributed by atoms with Gasteiger partial charge >= 0.3 is 5.97 Å². The molecule has 1 aromatic heterocycles. The summed E-state index contributed by atoms with van der Waals surface area (Å²) in [5.41, 5.74) is 0.589. The van der Waals surface area contributed by atoms with Crippen molar-refractivity contribution < 1.29 is 14.7 Å². The summed E-state index contributed by atoms with van der Waals surface area (Å²) in [6, 6.07) is 4.41. The van der Waals surface area contributed by atoms with Crippen LogP contribution < -0.4 is 5.32 Å². The van der Waals surface area contributed by atoms with Gasteiger partial charge in [0, 0.05) is 22.6 Å². The van der Waals surface area contributed by atoms with Crippen molar-refractivity contribution in [2.24, 2.45) is 0 Å². The zero-order valence-electron chi connectivity index (χ0n) is 9.50. The average molecular weight is 322 g/mol. The SMILES string of the molecule is O=C(O)c1cc(Br)cc(NC(=O)c2cnccn2)c1. The number of anilines is 1. The number of carbonyl (C=O) groups is 2. The van der Waals surface area contributed by atoms with Gasteiger partial charge in [0.05, 0.1) is 11.8 Å². The highest BCUT2D eigenvalue weighted by molar-refractivity contribution is 9.10. The molecule has 2 rings (SSSR count). The van der Waals surface area contributed by atoms with Crippen LogP contribution in [0.4, 0.5) is 5.69 Å². The number of nitrogens with zero attached hydrogens (tertiary/aromatic N) is 2. The Kier molecular flexibility index (Phi) is 3.86. The highest BCUT2D eigenvalue weighted by Crippen LogP contribution is 2.20. The Morgan fingerprint density at radius 3 is 2.63 bits per heavy atom. The topological polar surface area (TPSA) is 92.2 Å². The molecule has 0 fully saturated rings. The van der Waals surface area contributed by atoms with Gasteiger partial charge in [-0.15, -0.1) is 0 Å². The average Bonchev–Trinajstić information content (AvgIpc) is 2.39. The van der Waals surface area contributed by atoms with Gasteiger partial charge in [-0.25, -0.2) is 9.78 Å². The van der Waals surface area contributed by atoms with Gasteiger partial charge in [0.1, 0.15) is 5.69 Å². The second-order valence-corrected chi connectivity index (χ2v) is 4.49. The van der Waals surface area contributed by atoms with E-state index in [1.807, 2.05) is 0 Å². The van der Waals surface area contributed by atoms with E-state index in [1.54, 1.807) is 6.07 Å². The molecule has 0 radical (unpaired) electrons. The van der Waals surface area contributed by atoms with Crippen LogP contribution in [-0.2, 0) is 0 Å². The number of carbonyl (C=O) groups excluding carboxylic acids is 1. The molecule has 19 heavy (non-hydrogen) atoms. The molecule has 2 aromatic rings. The second-order valence-electron chi connectivity index (χ2n) is 3.58. The predicted molar refractivity (Wildman–Crippen MR) is 71.1 cm³/mol. The minimum atomic E-state index is -1.07. The molecule has 0 saturated heterocycles. The minimum Gasteiger partial charge on any atom is -0.478 e. The Labute approximate surface area is 116 Å². The summed E-state index contributed by atoms with van der Waals surface area (Å²) in [6.45, 7) is 0. The molecular formula is C12H8BrN3O3. The second kappa shape index (κ2) is 5.57. The summed E-state index contributed by atoms with van der Waals surface area (Å²) < 4.78 is 0.557. The van der Waals surface area contributed by atoms with Crippen LogP contribution in [0.5, 0.6) is 0 Å². The zero-order chi connectivity index (χ0) is 13.8. The van der Waals surface area contributed by atoms with E-state index < -0.39 is 11.9 Å². The lowest BCUT2D eigenvalue weighted by Gasteiger charge is -2.06. The number of aromatic nitrogens is 2. The molecule has 2 N–H and O–H groups in total. The van der Waals surface area contributed by atoms with Crippen LogP contribution in [0.3, 0.4) is 0 Å². The standard InChI is InChI=1S/C12H8BrN3O3/c13-8-3-7(12(18)19)4-9(5-8)16-11(17)10-6-14-1-2-15-10/h1-6H,(H,16,17)(H,18,19). The molecule has 6 nitrogen and oxygen atoms in total. The van der Waals surface area contributed by atoms with E-state index in [2.05, 4.69) is 31.2 Å². The number of nitrogens with one attached hydrogen (secondary N) is 1. The maximum Gasteiger partial charge on any atom is 0.335 e. The fourth-order valence-corrected chi connectivity index (χ4v) is 1.89. The molecule has 0 spiro atoms. The Morgan fingerprint density at radius 1 is 1.21 bits per heavy atom. The third-order valence-electron chi connectivity index (χ3n) is 2.20. The van der Waals surface area contributed by atoms with Crippen molar-refractivity contribution in [2.75, 3.05) is 5.32 Å². The van der Waals surface area contributed by atoms with E-state index in [1.165, 1.54) is 30.7 Å². The van der Waals surface area contributed by atoms with Gasteiger partial charge in [0.15, 0.2) is 0 Å². The smallest absolute Gasteiger partial charge is 0.335 e. The van der Waals surface area contributed by atoms with Crippen LogP contribution in [0.1, 0.15) is 20.8 Å². The van der Waals surface area contributed by atoms with Gasteiger partial charge < -0.3 is 10.4 Å². The molecule has 0 aliphatic heterocycles. The van der Waals surface area contributed by atoms with Crippen molar-refractivity contribution in [1.82, 2.24) is 9.97 Å². The Bertz CT molecular complexity index is 631. The lowest BCUT2D eigenvalue weighted by molar-refractivity contribution is 0.0696. The summed E-state index contributed by atoms with van der Waals surface area (Å²) in [4.78, 5) is 30.4. The molecule has 0 bridgehead atoms. The number of carboxylic acid groups (broad SMARTS) is 1. The van der Waals surface area contributed by atoms with Gasteiger partial charge in [-0.05, 0) is 18.2 Å². The molecule has 7 heteroatoms. The van der Waals surface area contributed by atoms with Crippen LogP contribution in [-0.4, -0.2) is 27.0 Å². The summed E-state index contributed by atoms with van der Waals surface area (Å²) in [5, 5.41) is 11.5. The molecule has 0 atom stereocenters. The molecule has 1 amide bonds. The monoisotopic (exact) mass is 321 g/mol. The quantitative estimate of drug-likeness (QED) is 0.904. The number of hydrogen-bond acceptors (Lipinski definition) is 4. The van der Waals surface area contributed by atoms with Gasteiger partial charge in [0.2, 0.25) is 0 Å². The number of benzene rings is 1. The van der Waals surface area contributed by atoms with Crippen molar-refractivity contribution in [1.29, 1.82) is 0 Å². The number of rotatable bonds is 3. The molecule has 1 aromatic carbocycles. The molecule has 0 aliphatic rings. The first-order valence-corrected chi connectivity index (χ1v) is 5.97. The van der Waals surface area contributed by atoms with E-state index in [9.17, 15) is 9.59 Å². The van der Waals surface area contributed by atoms with Crippen molar-refractivity contribution >= 4 is 33.5 Å². The first-order chi connectivity index (χ1) is 9.06. The van der Waals surface area contributed by atoms with Gasteiger partial charge in [-0.2, -0.15) is 0 Å². The number of hydrogen-bond donors (Lipinski definition) is 2. The molecule has 0 aliphatic carbocycles. The fraction of sp³-hybridized carbons (Fsp3) is 0. The zero-order valence-corrected chi connectivity index (χ0v) is 11.1. The maximum atomic E-state index is 11.8. The number of halogens is 1. The largest absolute Gasteiger partial charge is 0.478 e. The molecular weight excluding hydrogens is 314 g/mol. The first-order valence-electron chi connectivity index (χ1n) is 5.17. The summed E-state index contributed by atoms with van der Waals surface area (Å²) >= 11 is 3.18. The third kappa shape index (κ3) is 3.35. The normalized spacial score (nSPS) is 9.95. The molecule has 0 unspecified atom stereocenters. The summed E-state index contributed by atoms with van der Waals surface area (Å²) in [6.07, 6.45) is 4.18. The van der Waals surface area contributed by atoms with Crippen molar-refractivity contribution in [3.63, 3.8) is 0 Å². The fourth-order valence-electron chi connectivity index (χ4n) is 1.40. The maximum absolute atomic E-state index is 11.8. The Morgan fingerprint density at radius 2 is 2.00 bits per heavy atom. The minimum absolute atomic E-state index is 0.0730. The first kappa shape index (κ1) is 13.2. The van der Waals surface area contributed by atoms with Crippen molar-refractivity contribution in [3.05, 3.63) is 52.5 Å². The Hall–Kier alpha value is -2.28. The van der Waals surface area contributed by atoms with Crippen LogP contribution in [0.15, 0.2) is 41.3 Å². The van der Waals surface area contributed by atoms with Gasteiger partial charge in [0.25, 0.3) is 5.91 Å². The molecule has 1 heterocycles. The number of carboxylic acids is 1. The van der Waals surface area contributed by atoms with E-state index in [4.69, 9.17) is 5.11 Å². The van der Waals surface area contributed by atoms with E-state index in [0.29, 0.717) is 10.2 Å². The third-order valence-corrected chi connectivity index (χ3v) is 2.66. The lowest BCUT2D eigenvalue weighted by atomic mass is 10.2. The predicted octanol–water partition coefficient (Wildman–Crippen LogP) is 2.19. The van der Waals surface area contributed by atoms with E-state index in [0.717, 1.165) is 0 Å². The van der Waals surface area contributed by atoms with Crippen LogP contribution >= 0.6 is 15.9 Å². The molecule has 96 valence electrons. The van der Waals surface area contributed by atoms with Crippen molar-refractivity contribution in [2.45, 2.75) is 0 Å². The number of aromatic carboxylic acids is 1. The molecule has 0 saturated carbocycles. The van der Waals surface area contributed by atoms with Gasteiger partial charge in [-0.1, -0.05) is 15.9 Å². The highest BCUT2D eigenvalue weighted by atomic mass is 79.9. The number of amides is 1.